The van der Waals surface area contributed by atoms with Gasteiger partial charge in [0.2, 0.25) is 5.79 Å². The summed E-state index contributed by atoms with van der Waals surface area (Å²) in [6.07, 6.45) is 16.0. The highest BCUT2D eigenvalue weighted by Gasteiger charge is 2.53. The molecule has 8 nitrogen and oxygen atoms in total. The Hall–Kier alpha value is -3.75. The summed E-state index contributed by atoms with van der Waals surface area (Å²) >= 11 is 0. The first kappa shape index (κ1) is 30.7. The van der Waals surface area contributed by atoms with Crippen molar-refractivity contribution in [2.45, 2.75) is 58.0 Å². The van der Waals surface area contributed by atoms with Crippen molar-refractivity contribution < 1.29 is 23.8 Å². The van der Waals surface area contributed by atoms with E-state index in [1.165, 1.54) is 11.6 Å². The maximum Gasteiger partial charge on any atom is 0.331 e. The zero-order chi connectivity index (χ0) is 30.8. The molecule has 43 heavy (non-hydrogen) atoms. The smallest absolute Gasteiger partial charge is 0.331 e. The molecule has 2 aromatic rings. The van der Waals surface area contributed by atoms with Gasteiger partial charge in [-0.1, -0.05) is 49.8 Å². The van der Waals surface area contributed by atoms with Crippen molar-refractivity contribution in [1.82, 2.24) is 14.9 Å². The van der Waals surface area contributed by atoms with Crippen molar-refractivity contribution in [3.05, 3.63) is 95.6 Å². The lowest BCUT2D eigenvalue weighted by molar-refractivity contribution is -0.225. The van der Waals surface area contributed by atoms with E-state index in [9.17, 15) is 9.59 Å². The Morgan fingerprint density at radius 1 is 1.23 bits per heavy atom. The number of hydrogen-bond donors (Lipinski definition) is 1. The van der Waals surface area contributed by atoms with Gasteiger partial charge < -0.3 is 24.1 Å². The zero-order valence-corrected chi connectivity index (χ0v) is 25.9. The molecule has 1 aromatic carbocycles. The number of nitrogens with one attached hydrogen (secondary N) is 1. The Bertz CT molecular complexity index is 1450. The summed E-state index contributed by atoms with van der Waals surface area (Å²) in [4.78, 5) is 30.6. The summed E-state index contributed by atoms with van der Waals surface area (Å²) in [6, 6.07) is 9.17. The number of fused-ring (bicyclic) bond motifs is 3. The largest absolute Gasteiger partial charge is 0.456 e. The number of carbonyl (C=O) groups excluding carboxylic acids is 2. The average Bonchev–Trinajstić information content (AvgIpc) is 3.59. The van der Waals surface area contributed by atoms with E-state index in [-0.39, 0.29) is 24.3 Å². The number of amides is 1. The number of imidazole rings is 1. The van der Waals surface area contributed by atoms with Crippen LogP contribution in [0.4, 0.5) is 0 Å². The van der Waals surface area contributed by atoms with Crippen LogP contribution < -0.4 is 5.32 Å². The van der Waals surface area contributed by atoms with E-state index >= 15 is 0 Å². The Morgan fingerprint density at radius 2 is 2.00 bits per heavy atom. The number of ether oxygens (including phenoxy) is 3. The first-order valence-electron chi connectivity index (χ1n) is 15.1. The van der Waals surface area contributed by atoms with Crippen molar-refractivity contribution in [2.75, 3.05) is 13.7 Å². The number of methoxy groups -OCH3 is 1. The molecule has 228 valence electrons. The van der Waals surface area contributed by atoms with Gasteiger partial charge >= 0.3 is 5.97 Å². The monoisotopic (exact) mass is 585 g/mol. The molecule has 1 aromatic heterocycles. The molecule has 3 heterocycles. The average molecular weight is 586 g/mol. The molecule has 1 amide bonds. The molecule has 3 aliphatic rings. The third-order valence-electron chi connectivity index (χ3n) is 9.22. The van der Waals surface area contributed by atoms with Crippen molar-refractivity contribution >= 4 is 18.0 Å². The Balaban J connectivity index is 1.50. The van der Waals surface area contributed by atoms with Gasteiger partial charge in [0.1, 0.15) is 11.7 Å². The molecule has 1 aliphatic carbocycles. The van der Waals surface area contributed by atoms with E-state index in [0.717, 1.165) is 12.0 Å². The molecule has 1 N–H and O–H groups in total. The third kappa shape index (κ3) is 6.45. The highest BCUT2D eigenvalue weighted by molar-refractivity contribution is 5.94. The molecule has 0 saturated heterocycles. The maximum atomic E-state index is 13.2. The Labute approximate surface area is 254 Å². The number of carbonyl (C=O) groups is 2. The van der Waals surface area contributed by atoms with Gasteiger partial charge in [0, 0.05) is 44.1 Å². The fraction of sp³-hybridized carbons (Fsp3) is 0.457. The summed E-state index contributed by atoms with van der Waals surface area (Å²) in [7, 11) is 3.49. The zero-order valence-electron chi connectivity index (χ0n) is 25.9. The molecule has 0 saturated carbocycles. The number of rotatable bonds is 8. The minimum atomic E-state index is -1.22. The number of nitrogens with zero attached hydrogens (tertiary/aromatic N) is 2. The summed E-state index contributed by atoms with van der Waals surface area (Å²) in [5.74, 6) is -0.832. The third-order valence-corrected chi connectivity index (χ3v) is 9.22. The molecule has 2 aliphatic heterocycles. The standard InChI is InChI=1S/C35H43N3O5/c1-23(2)28-14-12-24(3)29-19-31(42-32(39)15-13-27-21-38(5)22-37-27)34(4)16-17-35(41-6,43-34)26(18-30(28)29)20-36-33(40)25-10-8-7-9-11-25/h7-13,15-18,21-23,28-31H,14,19-20H2,1-6H3,(H,36,40)/b15-13+,26-18-/t28-,29+,30-,31+,34+,35-/m1/s1. The summed E-state index contributed by atoms with van der Waals surface area (Å²) in [5, 5.41) is 3.10. The minimum absolute atomic E-state index is 0.112. The molecule has 0 fully saturated rings. The molecule has 8 heteroatoms. The van der Waals surface area contributed by atoms with E-state index < -0.39 is 23.5 Å². The van der Waals surface area contributed by atoms with Gasteiger partial charge in [-0.25, -0.2) is 9.78 Å². The van der Waals surface area contributed by atoms with Gasteiger partial charge in [-0.15, -0.1) is 0 Å². The molecule has 2 bridgehead atoms. The van der Waals surface area contributed by atoms with Crippen molar-refractivity contribution in [3.63, 3.8) is 0 Å². The molecule has 5 rings (SSSR count). The number of esters is 1. The predicted octanol–water partition coefficient (Wildman–Crippen LogP) is 5.65. The molecule has 0 radical (unpaired) electrons. The lowest BCUT2D eigenvalue weighted by atomic mass is 9.65. The molecular weight excluding hydrogens is 542 g/mol. The van der Waals surface area contributed by atoms with Crippen molar-refractivity contribution in [2.24, 2.45) is 30.7 Å². The molecule has 0 spiro atoms. The summed E-state index contributed by atoms with van der Waals surface area (Å²) in [5.41, 5.74) is 2.40. The molecule has 6 atom stereocenters. The van der Waals surface area contributed by atoms with Gasteiger partial charge in [0.15, 0.2) is 0 Å². The fourth-order valence-corrected chi connectivity index (χ4v) is 6.67. The van der Waals surface area contributed by atoms with Gasteiger partial charge in [0.05, 0.1) is 12.0 Å². The SMILES string of the molecule is CO[C@]12C=C[C@](C)(O1)[C@@H](OC(=O)/C=C/c1cn(C)cn1)C[C@H]1C(C)=CC[C@H](C(C)C)[C@H]1/C=C\2CNC(=O)c1ccccc1. The van der Waals surface area contributed by atoms with Crippen molar-refractivity contribution in [3.8, 4) is 0 Å². The number of hydrogen-bond acceptors (Lipinski definition) is 6. The molecule has 0 unspecified atom stereocenters. The van der Waals surface area contributed by atoms with Crippen LogP contribution in [0, 0.1) is 23.7 Å². The number of aryl methyl sites for hydroxylation is 1. The van der Waals surface area contributed by atoms with Gasteiger partial charge in [-0.05, 0) is 80.7 Å². The number of allylic oxidation sites excluding steroid dienone is 3. The normalized spacial score (nSPS) is 31.4. The van der Waals surface area contributed by atoms with Crippen LogP contribution in [0.1, 0.15) is 56.6 Å². The van der Waals surface area contributed by atoms with Crippen LogP contribution in [-0.4, -0.2) is 52.6 Å². The van der Waals surface area contributed by atoms with E-state index in [1.807, 2.05) is 55.1 Å². The summed E-state index contributed by atoms with van der Waals surface area (Å²) in [6.45, 7) is 8.86. The minimum Gasteiger partial charge on any atom is -0.456 e. The van der Waals surface area contributed by atoms with Gasteiger partial charge in [-0.3, -0.25) is 4.79 Å². The molecular formula is C35H43N3O5. The second-order valence-electron chi connectivity index (χ2n) is 12.5. The Kier molecular flexibility index (Phi) is 8.90. The maximum absolute atomic E-state index is 13.2. The van der Waals surface area contributed by atoms with Crippen LogP contribution in [0.2, 0.25) is 0 Å². The van der Waals surface area contributed by atoms with E-state index in [2.05, 4.69) is 43.2 Å². The summed E-state index contributed by atoms with van der Waals surface area (Å²) < 4.78 is 20.9. The van der Waals surface area contributed by atoms with Crippen LogP contribution in [0.15, 0.2) is 84.4 Å². The number of benzene rings is 1. The first-order valence-corrected chi connectivity index (χ1v) is 15.1. The lowest BCUT2D eigenvalue weighted by Crippen LogP contribution is -2.48. The Morgan fingerprint density at radius 3 is 2.67 bits per heavy atom. The second-order valence-corrected chi connectivity index (χ2v) is 12.5. The second kappa shape index (κ2) is 12.5. The van der Waals surface area contributed by atoms with Crippen LogP contribution in [0.25, 0.3) is 6.08 Å². The highest BCUT2D eigenvalue weighted by atomic mass is 16.7. The quantitative estimate of drug-likeness (QED) is 0.245. The van der Waals surface area contributed by atoms with E-state index in [4.69, 9.17) is 14.2 Å². The van der Waals surface area contributed by atoms with Crippen LogP contribution >= 0.6 is 0 Å². The topological polar surface area (TPSA) is 91.7 Å². The van der Waals surface area contributed by atoms with Crippen LogP contribution in [0.3, 0.4) is 0 Å². The van der Waals surface area contributed by atoms with Gasteiger partial charge in [-0.2, -0.15) is 0 Å². The fourth-order valence-electron chi connectivity index (χ4n) is 6.67. The van der Waals surface area contributed by atoms with E-state index in [0.29, 0.717) is 29.5 Å². The van der Waals surface area contributed by atoms with Crippen LogP contribution in [0.5, 0.6) is 0 Å². The highest BCUT2D eigenvalue weighted by Crippen LogP contribution is 2.49. The predicted molar refractivity (Wildman–Crippen MR) is 166 cm³/mol. The van der Waals surface area contributed by atoms with E-state index in [1.54, 1.807) is 31.6 Å². The van der Waals surface area contributed by atoms with Crippen LogP contribution in [-0.2, 0) is 26.1 Å². The first-order chi connectivity index (χ1) is 20.5. The van der Waals surface area contributed by atoms with Crippen molar-refractivity contribution in [1.29, 1.82) is 0 Å². The van der Waals surface area contributed by atoms with Gasteiger partial charge in [0.25, 0.3) is 5.91 Å². The number of aromatic nitrogens is 2. The lowest BCUT2D eigenvalue weighted by Gasteiger charge is -2.41.